The minimum Gasteiger partial charge on any atom is -0.497 e. The molecule has 2 aromatic carbocycles. The molecule has 0 aliphatic rings. The Bertz CT molecular complexity index is 897. The van der Waals surface area contributed by atoms with Gasteiger partial charge in [0, 0.05) is 22.9 Å². The summed E-state index contributed by atoms with van der Waals surface area (Å²) in [4.78, 5) is 27.9. The van der Waals surface area contributed by atoms with E-state index in [4.69, 9.17) is 16.3 Å². The van der Waals surface area contributed by atoms with E-state index in [-0.39, 0.29) is 29.7 Å². The predicted octanol–water partition coefficient (Wildman–Crippen LogP) is 5.30. The predicted molar refractivity (Wildman–Crippen MR) is 133 cm³/mol. The number of rotatable bonds is 10. The molecule has 7 heteroatoms. The standard InChI is InChI=1S/C25H33ClN2O3S/c1-6-22(24(30)27-25(2,3)4)28(15-19-9-7-8-10-21(19)26)23(29)17-32-16-18-11-13-20(31-5)14-12-18/h7-14,22H,6,15-17H2,1-5H3,(H,27,30)/t22-/m0/s1. The molecule has 174 valence electrons. The van der Waals surface area contributed by atoms with E-state index >= 15 is 0 Å². The molecule has 32 heavy (non-hydrogen) atoms. The average molecular weight is 477 g/mol. The Morgan fingerprint density at radius 2 is 1.78 bits per heavy atom. The fourth-order valence-electron chi connectivity index (χ4n) is 3.24. The van der Waals surface area contributed by atoms with Crippen molar-refractivity contribution in [2.45, 2.75) is 58.0 Å². The van der Waals surface area contributed by atoms with Crippen LogP contribution in [0.3, 0.4) is 0 Å². The van der Waals surface area contributed by atoms with E-state index < -0.39 is 6.04 Å². The van der Waals surface area contributed by atoms with Crippen LogP contribution in [0.4, 0.5) is 0 Å². The number of hydrogen-bond donors (Lipinski definition) is 1. The van der Waals surface area contributed by atoms with Crippen LogP contribution in [0.2, 0.25) is 5.02 Å². The Balaban J connectivity index is 2.15. The van der Waals surface area contributed by atoms with Gasteiger partial charge in [-0.2, -0.15) is 0 Å². The first-order valence-electron chi connectivity index (χ1n) is 10.7. The molecule has 2 aromatic rings. The summed E-state index contributed by atoms with van der Waals surface area (Å²) < 4.78 is 5.19. The molecule has 0 unspecified atom stereocenters. The maximum Gasteiger partial charge on any atom is 0.243 e. The third-order valence-corrected chi connectivity index (χ3v) is 6.19. The molecular weight excluding hydrogens is 444 g/mol. The van der Waals surface area contributed by atoms with Crippen LogP contribution in [0.15, 0.2) is 48.5 Å². The SMILES string of the molecule is CC[C@@H](C(=O)NC(C)(C)C)N(Cc1ccccc1Cl)C(=O)CSCc1ccc(OC)cc1. The normalized spacial score (nSPS) is 12.2. The molecule has 1 N–H and O–H groups in total. The summed E-state index contributed by atoms with van der Waals surface area (Å²) in [6.07, 6.45) is 0.515. The fourth-order valence-corrected chi connectivity index (χ4v) is 4.31. The minimum atomic E-state index is -0.570. The van der Waals surface area contributed by atoms with E-state index in [1.165, 1.54) is 11.8 Å². The molecule has 2 amide bonds. The second-order valence-electron chi connectivity index (χ2n) is 8.62. The molecule has 0 bridgehead atoms. The van der Waals surface area contributed by atoms with Crippen molar-refractivity contribution in [3.05, 3.63) is 64.7 Å². The van der Waals surface area contributed by atoms with E-state index in [0.29, 0.717) is 17.2 Å². The summed E-state index contributed by atoms with van der Waals surface area (Å²) in [5.74, 6) is 1.53. The summed E-state index contributed by atoms with van der Waals surface area (Å²) in [7, 11) is 1.63. The number of nitrogens with one attached hydrogen (secondary N) is 1. The highest BCUT2D eigenvalue weighted by Gasteiger charge is 2.30. The number of amides is 2. The fraction of sp³-hybridized carbons (Fsp3) is 0.440. The van der Waals surface area contributed by atoms with Gasteiger partial charge >= 0.3 is 0 Å². The summed E-state index contributed by atoms with van der Waals surface area (Å²) >= 11 is 7.89. The Labute approximate surface area is 200 Å². The summed E-state index contributed by atoms with van der Waals surface area (Å²) in [6.45, 7) is 8.01. The van der Waals surface area contributed by atoms with Gasteiger partial charge in [-0.05, 0) is 56.5 Å². The molecule has 0 heterocycles. The number of carbonyl (C=O) groups excluding carboxylic acids is 2. The van der Waals surface area contributed by atoms with Gasteiger partial charge in [0.25, 0.3) is 0 Å². The third kappa shape index (κ3) is 8.06. The first-order chi connectivity index (χ1) is 15.1. The van der Waals surface area contributed by atoms with Crippen LogP contribution in [-0.4, -0.2) is 41.2 Å². The largest absolute Gasteiger partial charge is 0.497 e. The van der Waals surface area contributed by atoms with Gasteiger partial charge < -0.3 is 15.0 Å². The maximum absolute atomic E-state index is 13.3. The number of carbonyl (C=O) groups is 2. The molecule has 0 radical (unpaired) electrons. The van der Waals surface area contributed by atoms with Crippen molar-refractivity contribution in [3.63, 3.8) is 0 Å². The number of hydrogen-bond acceptors (Lipinski definition) is 4. The van der Waals surface area contributed by atoms with Crippen LogP contribution in [0.1, 0.15) is 45.2 Å². The lowest BCUT2D eigenvalue weighted by molar-refractivity contribution is -0.140. The number of methoxy groups -OCH3 is 1. The Morgan fingerprint density at radius 3 is 2.34 bits per heavy atom. The average Bonchev–Trinajstić information content (AvgIpc) is 2.74. The van der Waals surface area contributed by atoms with Gasteiger partial charge in [-0.25, -0.2) is 0 Å². The van der Waals surface area contributed by atoms with Crippen LogP contribution in [0.25, 0.3) is 0 Å². The summed E-state index contributed by atoms with van der Waals surface area (Å²) in [5.41, 5.74) is 1.55. The Hall–Kier alpha value is -2.18. The van der Waals surface area contributed by atoms with Crippen molar-refractivity contribution >= 4 is 35.2 Å². The first kappa shape index (κ1) is 26.1. The zero-order chi connectivity index (χ0) is 23.7. The second kappa shape index (κ2) is 12.2. The van der Waals surface area contributed by atoms with Crippen molar-refractivity contribution in [2.75, 3.05) is 12.9 Å². The van der Waals surface area contributed by atoms with Crippen molar-refractivity contribution in [3.8, 4) is 5.75 Å². The summed E-state index contributed by atoms with van der Waals surface area (Å²) in [5, 5.41) is 3.60. The highest BCUT2D eigenvalue weighted by Crippen LogP contribution is 2.22. The van der Waals surface area contributed by atoms with Gasteiger partial charge in [-0.15, -0.1) is 11.8 Å². The van der Waals surface area contributed by atoms with Crippen molar-refractivity contribution in [1.29, 1.82) is 0 Å². The van der Waals surface area contributed by atoms with Crippen LogP contribution in [0, 0.1) is 0 Å². The highest BCUT2D eigenvalue weighted by molar-refractivity contribution is 7.99. The van der Waals surface area contributed by atoms with Crippen molar-refractivity contribution in [2.24, 2.45) is 0 Å². The lowest BCUT2D eigenvalue weighted by atomic mass is 10.1. The van der Waals surface area contributed by atoms with E-state index in [1.54, 1.807) is 18.1 Å². The molecule has 0 aliphatic heterocycles. The lowest BCUT2D eigenvalue weighted by Gasteiger charge is -2.33. The van der Waals surface area contributed by atoms with Crippen molar-refractivity contribution < 1.29 is 14.3 Å². The van der Waals surface area contributed by atoms with Crippen LogP contribution in [0.5, 0.6) is 5.75 Å². The number of thioether (sulfide) groups is 1. The van der Waals surface area contributed by atoms with E-state index in [1.807, 2.05) is 70.2 Å². The molecule has 0 aliphatic carbocycles. The molecular formula is C25H33ClN2O3S. The smallest absolute Gasteiger partial charge is 0.243 e. The number of ether oxygens (including phenoxy) is 1. The van der Waals surface area contributed by atoms with Gasteiger partial charge in [0.05, 0.1) is 12.9 Å². The molecule has 2 rings (SSSR count). The molecule has 5 nitrogen and oxygen atoms in total. The minimum absolute atomic E-state index is 0.0839. The third-order valence-electron chi connectivity index (χ3n) is 4.84. The van der Waals surface area contributed by atoms with Gasteiger partial charge in [0.15, 0.2) is 0 Å². The van der Waals surface area contributed by atoms with E-state index in [9.17, 15) is 9.59 Å². The van der Waals surface area contributed by atoms with Crippen LogP contribution in [-0.2, 0) is 21.9 Å². The maximum atomic E-state index is 13.3. The lowest BCUT2D eigenvalue weighted by Crippen LogP contribution is -2.53. The monoisotopic (exact) mass is 476 g/mol. The number of nitrogens with zero attached hydrogens (tertiary/aromatic N) is 1. The van der Waals surface area contributed by atoms with Crippen LogP contribution >= 0.6 is 23.4 Å². The Kier molecular flexibility index (Phi) is 9.91. The quantitative estimate of drug-likeness (QED) is 0.505. The number of benzene rings is 2. The molecule has 0 saturated carbocycles. The second-order valence-corrected chi connectivity index (χ2v) is 10.0. The van der Waals surface area contributed by atoms with Crippen molar-refractivity contribution in [1.82, 2.24) is 10.2 Å². The van der Waals surface area contributed by atoms with Gasteiger partial charge in [0.2, 0.25) is 11.8 Å². The summed E-state index contributed by atoms with van der Waals surface area (Å²) in [6, 6.07) is 14.7. The Morgan fingerprint density at radius 1 is 1.12 bits per heavy atom. The molecule has 0 spiro atoms. The molecule has 0 fully saturated rings. The number of halogens is 1. The zero-order valence-electron chi connectivity index (χ0n) is 19.5. The van der Waals surface area contributed by atoms with E-state index in [2.05, 4.69) is 5.32 Å². The van der Waals surface area contributed by atoms with Gasteiger partial charge in [0.1, 0.15) is 11.8 Å². The first-order valence-corrected chi connectivity index (χ1v) is 12.2. The molecule has 1 atom stereocenters. The zero-order valence-corrected chi connectivity index (χ0v) is 21.1. The van der Waals surface area contributed by atoms with E-state index in [0.717, 1.165) is 16.9 Å². The molecule has 0 aromatic heterocycles. The van der Waals surface area contributed by atoms with Gasteiger partial charge in [-0.3, -0.25) is 9.59 Å². The highest BCUT2D eigenvalue weighted by atomic mass is 35.5. The molecule has 0 saturated heterocycles. The van der Waals surface area contributed by atoms with Crippen LogP contribution < -0.4 is 10.1 Å². The van der Waals surface area contributed by atoms with Gasteiger partial charge in [-0.1, -0.05) is 48.9 Å². The topological polar surface area (TPSA) is 58.6 Å².